The van der Waals surface area contributed by atoms with Gasteiger partial charge in [0.2, 0.25) is 0 Å². The van der Waals surface area contributed by atoms with Crippen LogP contribution in [-0.2, 0) is 10.8 Å². The molecule has 7 aromatic rings. The summed E-state index contributed by atoms with van der Waals surface area (Å²) in [6.45, 7) is 23.7. The van der Waals surface area contributed by atoms with Gasteiger partial charge in [0.15, 0.2) is 11.5 Å². The van der Waals surface area contributed by atoms with E-state index in [0.29, 0.717) is 23.7 Å². The third-order valence-electron chi connectivity index (χ3n) is 14.3. The molecule has 0 spiro atoms. The summed E-state index contributed by atoms with van der Waals surface area (Å²) in [4.78, 5) is 2.51. The van der Waals surface area contributed by atoms with E-state index in [2.05, 4.69) is 189 Å². The summed E-state index contributed by atoms with van der Waals surface area (Å²) in [6, 6.07) is 44.3. The normalized spacial score (nSPS) is 15.6. The van der Waals surface area contributed by atoms with Gasteiger partial charge in [-0.05, 0) is 164 Å². The molecule has 10 rings (SSSR count). The summed E-state index contributed by atoms with van der Waals surface area (Å²) in [5.74, 6) is 3.37. The van der Waals surface area contributed by atoms with Crippen molar-refractivity contribution in [3.63, 3.8) is 0 Å². The second-order valence-corrected chi connectivity index (χ2v) is 18.3. The quantitative estimate of drug-likeness (QED) is 0.175. The maximum Gasteiger partial charge on any atom is 0.151 e. The molecule has 0 saturated carbocycles. The highest BCUT2D eigenvalue weighted by Crippen LogP contribution is 2.64. The largest absolute Gasteiger partial charge is 0.453 e. The lowest BCUT2D eigenvalue weighted by Crippen LogP contribution is -2.37. The molecule has 0 atom stereocenters. The number of ether oxygens (including phenoxy) is 1. The molecule has 280 valence electrons. The highest BCUT2D eigenvalue weighted by molar-refractivity contribution is 6.00. The lowest BCUT2D eigenvalue weighted by Gasteiger charge is -2.42. The van der Waals surface area contributed by atoms with Crippen molar-refractivity contribution in [1.82, 2.24) is 0 Å². The molecule has 0 amide bonds. The van der Waals surface area contributed by atoms with Crippen LogP contribution in [0.4, 0.5) is 17.1 Å². The van der Waals surface area contributed by atoms with E-state index in [0.717, 1.165) is 22.9 Å². The maximum atomic E-state index is 7.36. The fraction of sp³-hybridized carbons (Fsp3) is 0.296. The molecule has 0 radical (unpaired) electrons. The highest BCUT2D eigenvalue weighted by atomic mass is 16.5. The average Bonchev–Trinajstić information content (AvgIpc) is 3.60. The zero-order valence-corrected chi connectivity index (χ0v) is 34.6. The number of benzene rings is 7. The van der Waals surface area contributed by atoms with Crippen LogP contribution in [0.1, 0.15) is 88.8 Å². The number of rotatable bonds is 5. The molecule has 56 heavy (non-hydrogen) atoms. The molecule has 1 heterocycles. The predicted octanol–water partition coefficient (Wildman–Crippen LogP) is 15.3. The van der Waals surface area contributed by atoms with E-state index in [1.165, 1.54) is 82.9 Å². The van der Waals surface area contributed by atoms with Gasteiger partial charge >= 0.3 is 0 Å². The standard InChI is InChI=1S/C54H53NO/c1-30(2)53(31(3)4)44-24-38-17-13-11-15-36(38)22-40(44)42-26-49-51(28-46(42)53)56-52-29-47-43(27-50(52)55(49)48-20-19-34(9)21-35(48)10)41-23-37-16-12-14-18-39(37)25-45(41)54(47,32(5)6)33(7)8/h11-33H,1-10H3. The van der Waals surface area contributed by atoms with E-state index in [1.54, 1.807) is 0 Å². The summed E-state index contributed by atoms with van der Waals surface area (Å²) >= 11 is 0. The molecule has 1 aliphatic heterocycles. The molecule has 2 nitrogen and oxygen atoms in total. The second-order valence-electron chi connectivity index (χ2n) is 18.3. The fourth-order valence-electron chi connectivity index (χ4n) is 12.1. The monoisotopic (exact) mass is 731 g/mol. The first-order valence-electron chi connectivity index (χ1n) is 20.9. The van der Waals surface area contributed by atoms with Crippen LogP contribution < -0.4 is 9.64 Å². The van der Waals surface area contributed by atoms with Gasteiger partial charge in [0.05, 0.1) is 11.4 Å². The first-order chi connectivity index (χ1) is 26.9. The average molecular weight is 732 g/mol. The third kappa shape index (κ3) is 4.45. The number of nitrogens with zero attached hydrogens (tertiary/aromatic N) is 1. The number of anilines is 3. The van der Waals surface area contributed by atoms with Crippen molar-refractivity contribution < 1.29 is 4.74 Å². The van der Waals surface area contributed by atoms with E-state index in [9.17, 15) is 0 Å². The first kappa shape index (κ1) is 35.1. The van der Waals surface area contributed by atoms with Crippen LogP contribution >= 0.6 is 0 Å². The number of hydrogen-bond donors (Lipinski definition) is 0. The molecule has 7 aromatic carbocycles. The van der Waals surface area contributed by atoms with Crippen molar-refractivity contribution in [3.05, 3.63) is 149 Å². The second kappa shape index (κ2) is 12.1. The van der Waals surface area contributed by atoms with E-state index < -0.39 is 0 Å². The van der Waals surface area contributed by atoms with E-state index >= 15 is 0 Å². The van der Waals surface area contributed by atoms with Crippen molar-refractivity contribution in [2.75, 3.05) is 4.90 Å². The van der Waals surface area contributed by atoms with E-state index in [4.69, 9.17) is 4.74 Å². The van der Waals surface area contributed by atoms with Crippen molar-refractivity contribution in [3.8, 4) is 33.8 Å². The van der Waals surface area contributed by atoms with Crippen LogP contribution in [-0.4, -0.2) is 0 Å². The molecule has 2 aliphatic carbocycles. The SMILES string of the molecule is Cc1ccc(N2c3cc4c(cc3Oc3cc5c(cc32)-c2cc3ccccc3cc2C5(C(C)C)C(C)C)C(C(C)C)(C(C)C)c2cc3ccccc3cc2-4)c(C)c1. The van der Waals surface area contributed by atoms with Crippen LogP contribution in [0.3, 0.4) is 0 Å². The zero-order chi connectivity index (χ0) is 39.0. The van der Waals surface area contributed by atoms with Gasteiger partial charge in [-0.3, -0.25) is 0 Å². The van der Waals surface area contributed by atoms with Gasteiger partial charge in [0.25, 0.3) is 0 Å². The highest BCUT2D eigenvalue weighted by Gasteiger charge is 2.51. The Bertz CT molecular complexity index is 2600. The van der Waals surface area contributed by atoms with E-state index in [1.807, 2.05) is 0 Å². The summed E-state index contributed by atoms with van der Waals surface area (Å²) in [5.41, 5.74) is 16.6. The molecular formula is C54H53NO. The minimum absolute atomic E-state index is 0.163. The number of aryl methyl sites for hydroxylation is 2. The minimum atomic E-state index is -0.163. The third-order valence-corrected chi connectivity index (χ3v) is 14.3. The van der Waals surface area contributed by atoms with Gasteiger partial charge in [-0.15, -0.1) is 0 Å². The fourth-order valence-corrected chi connectivity index (χ4v) is 12.1. The van der Waals surface area contributed by atoms with Gasteiger partial charge in [0.1, 0.15) is 0 Å². The van der Waals surface area contributed by atoms with Crippen LogP contribution in [0, 0.1) is 37.5 Å². The summed E-state index contributed by atoms with van der Waals surface area (Å²) in [6.07, 6.45) is 0. The minimum Gasteiger partial charge on any atom is -0.453 e. The Kier molecular flexibility index (Phi) is 7.57. The Labute approximate surface area is 333 Å². The van der Waals surface area contributed by atoms with Crippen LogP contribution in [0.25, 0.3) is 43.8 Å². The Hall–Kier alpha value is -5.34. The molecule has 0 unspecified atom stereocenters. The molecule has 2 heteroatoms. The van der Waals surface area contributed by atoms with Crippen molar-refractivity contribution in [1.29, 1.82) is 0 Å². The summed E-state index contributed by atoms with van der Waals surface area (Å²) < 4.78 is 7.36. The first-order valence-corrected chi connectivity index (χ1v) is 20.9. The van der Waals surface area contributed by atoms with Gasteiger partial charge in [-0.1, -0.05) is 122 Å². The number of hydrogen-bond acceptors (Lipinski definition) is 2. The lowest BCUT2D eigenvalue weighted by atomic mass is 9.62. The van der Waals surface area contributed by atoms with E-state index in [-0.39, 0.29) is 10.8 Å². The van der Waals surface area contributed by atoms with Gasteiger partial charge in [-0.25, -0.2) is 0 Å². The molecular weight excluding hydrogens is 679 g/mol. The van der Waals surface area contributed by atoms with Crippen molar-refractivity contribution in [2.24, 2.45) is 23.7 Å². The predicted molar refractivity (Wildman–Crippen MR) is 237 cm³/mol. The smallest absolute Gasteiger partial charge is 0.151 e. The van der Waals surface area contributed by atoms with Gasteiger partial charge in [-0.2, -0.15) is 0 Å². The van der Waals surface area contributed by atoms with Crippen LogP contribution in [0.2, 0.25) is 0 Å². The topological polar surface area (TPSA) is 12.5 Å². The molecule has 0 N–H and O–H groups in total. The molecule has 3 aliphatic rings. The summed E-state index contributed by atoms with van der Waals surface area (Å²) in [7, 11) is 0. The Morgan fingerprint density at radius 3 is 1.18 bits per heavy atom. The van der Waals surface area contributed by atoms with Gasteiger partial charge in [0, 0.05) is 16.5 Å². The van der Waals surface area contributed by atoms with Crippen LogP contribution in [0.5, 0.6) is 11.5 Å². The molecule has 0 saturated heterocycles. The van der Waals surface area contributed by atoms with Gasteiger partial charge < -0.3 is 9.64 Å². The van der Waals surface area contributed by atoms with Crippen molar-refractivity contribution >= 4 is 38.6 Å². The molecule has 0 aromatic heterocycles. The maximum absolute atomic E-state index is 7.36. The Balaban J connectivity index is 1.29. The Morgan fingerprint density at radius 1 is 0.411 bits per heavy atom. The lowest BCUT2D eigenvalue weighted by molar-refractivity contribution is 0.279. The molecule has 0 fully saturated rings. The Morgan fingerprint density at radius 2 is 0.786 bits per heavy atom. The molecule has 0 bridgehead atoms. The number of fused-ring (bicyclic) bond motifs is 10. The van der Waals surface area contributed by atoms with Crippen molar-refractivity contribution in [2.45, 2.75) is 80.1 Å². The zero-order valence-electron chi connectivity index (χ0n) is 34.6. The summed E-state index contributed by atoms with van der Waals surface area (Å²) in [5, 5.41) is 5.17. The van der Waals surface area contributed by atoms with Crippen LogP contribution in [0.15, 0.2) is 115 Å².